The first-order chi connectivity index (χ1) is 9.86. The third-order valence-corrected chi connectivity index (χ3v) is 3.16. The lowest BCUT2D eigenvalue weighted by molar-refractivity contribution is 0.0696. The second-order valence-electron chi connectivity index (χ2n) is 5.49. The van der Waals surface area contributed by atoms with Crippen molar-refractivity contribution < 1.29 is 5.11 Å². The molecule has 0 amide bonds. The topological polar surface area (TPSA) is 44.3 Å². The Labute approximate surface area is 130 Å². The molecule has 0 spiro atoms. The highest BCUT2D eigenvalue weighted by atomic mass is 16.3. The Bertz CT molecular complexity index is 427. The lowest BCUT2D eigenvalue weighted by atomic mass is 9.92. The van der Waals surface area contributed by atoms with E-state index >= 15 is 0 Å². The summed E-state index contributed by atoms with van der Waals surface area (Å²) < 4.78 is 0. The number of hydrogen-bond donors (Lipinski definition) is 3. The van der Waals surface area contributed by atoms with Gasteiger partial charge in [-0.25, -0.2) is 0 Å². The Morgan fingerprint density at radius 3 is 2.48 bits per heavy atom. The summed E-state index contributed by atoms with van der Waals surface area (Å²) in [6, 6.07) is 8.25. The average Bonchev–Trinajstić information content (AvgIpc) is 2.47. The molecule has 1 atom stereocenters. The van der Waals surface area contributed by atoms with Crippen LogP contribution < -0.4 is 10.6 Å². The lowest BCUT2D eigenvalue weighted by Crippen LogP contribution is -2.51. The van der Waals surface area contributed by atoms with Crippen LogP contribution in [-0.2, 0) is 5.54 Å². The van der Waals surface area contributed by atoms with E-state index in [0.29, 0.717) is 0 Å². The highest BCUT2D eigenvalue weighted by Crippen LogP contribution is 2.23. The number of nitrogens with one attached hydrogen (secondary N) is 2. The molecule has 1 unspecified atom stereocenters. The number of allylic oxidation sites excluding steroid dienone is 1. The molecule has 3 N–H and O–H groups in total. The molecule has 1 aromatic carbocycles. The molecule has 0 saturated carbocycles. The summed E-state index contributed by atoms with van der Waals surface area (Å²) in [5.41, 5.74) is 2.99. The van der Waals surface area contributed by atoms with Crippen molar-refractivity contribution in [1.29, 1.82) is 0 Å². The predicted molar refractivity (Wildman–Crippen MR) is 93.0 cm³/mol. The first kappa shape index (κ1) is 19.8. The van der Waals surface area contributed by atoms with Crippen LogP contribution in [0.25, 0.3) is 5.57 Å². The summed E-state index contributed by atoms with van der Waals surface area (Å²) in [6.45, 7) is 16.9. The number of hydrogen-bond acceptors (Lipinski definition) is 3. The third-order valence-electron chi connectivity index (χ3n) is 3.16. The van der Waals surface area contributed by atoms with Gasteiger partial charge in [-0.2, -0.15) is 0 Å². The van der Waals surface area contributed by atoms with Crippen molar-refractivity contribution in [2.75, 3.05) is 6.54 Å². The monoisotopic (exact) mass is 292 g/mol. The van der Waals surface area contributed by atoms with Crippen molar-refractivity contribution in [3.05, 3.63) is 42.0 Å². The van der Waals surface area contributed by atoms with Gasteiger partial charge in [-0.15, -0.1) is 0 Å². The van der Waals surface area contributed by atoms with Crippen LogP contribution in [-0.4, -0.2) is 18.0 Å². The number of aliphatic hydroxyl groups excluding tert-OH is 1. The summed E-state index contributed by atoms with van der Waals surface area (Å²) >= 11 is 0. The standard InChI is InChI=1S/C16H26N2O.C2H6/c1-6-10-17-15(19)18-16(4,5)14-9-7-8-13(11-14)12(2)3;1-2/h7-9,11,15,17-19H,2,6,10H2,1,3-5H3;1-2H3. The molecule has 3 nitrogen and oxygen atoms in total. The minimum absolute atomic E-state index is 0.314. The van der Waals surface area contributed by atoms with Crippen LogP contribution in [0.3, 0.4) is 0 Å². The van der Waals surface area contributed by atoms with E-state index < -0.39 is 6.35 Å². The second-order valence-corrected chi connectivity index (χ2v) is 5.49. The van der Waals surface area contributed by atoms with Gasteiger partial charge in [-0.1, -0.05) is 51.1 Å². The van der Waals surface area contributed by atoms with Gasteiger partial charge < -0.3 is 5.11 Å². The summed E-state index contributed by atoms with van der Waals surface area (Å²) in [6.07, 6.45) is 0.285. The fraction of sp³-hybridized carbons (Fsp3) is 0.556. The molecule has 0 aromatic heterocycles. The van der Waals surface area contributed by atoms with Crippen molar-refractivity contribution in [1.82, 2.24) is 10.6 Å². The van der Waals surface area contributed by atoms with E-state index in [-0.39, 0.29) is 5.54 Å². The second kappa shape index (κ2) is 9.72. The molecule has 1 aromatic rings. The maximum atomic E-state index is 9.92. The maximum Gasteiger partial charge on any atom is 0.161 e. The van der Waals surface area contributed by atoms with E-state index in [4.69, 9.17) is 0 Å². The minimum atomic E-state index is -0.705. The first-order valence-corrected chi connectivity index (χ1v) is 7.82. The third kappa shape index (κ3) is 6.89. The van der Waals surface area contributed by atoms with Gasteiger partial charge in [0.2, 0.25) is 0 Å². The Morgan fingerprint density at radius 1 is 1.33 bits per heavy atom. The van der Waals surface area contributed by atoms with E-state index in [1.165, 1.54) is 0 Å². The van der Waals surface area contributed by atoms with Gasteiger partial charge in [0.15, 0.2) is 6.35 Å². The molecule has 0 saturated heterocycles. The molecule has 0 aliphatic heterocycles. The quantitative estimate of drug-likeness (QED) is 0.669. The van der Waals surface area contributed by atoms with Crippen molar-refractivity contribution in [2.24, 2.45) is 0 Å². The zero-order valence-corrected chi connectivity index (χ0v) is 14.5. The van der Waals surface area contributed by atoms with Crippen LogP contribution in [0, 0.1) is 0 Å². The maximum absolute atomic E-state index is 9.92. The van der Waals surface area contributed by atoms with Crippen LogP contribution in [0.4, 0.5) is 0 Å². The lowest BCUT2D eigenvalue weighted by Gasteiger charge is -2.30. The molecule has 120 valence electrons. The molecule has 0 aliphatic carbocycles. The summed E-state index contributed by atoms with van der Waals surface area (Å²) in [4.78, 5) is 0. The van der Waals surface area contributed by atoms with Gasteiger partial charge in [-0.05, 0) is 50.9 Å². The number of benzene rings is 1. The van der Waals surface area contributed by atoms with E-state index in [0.717, 1.165) is 29.7 Å². The Balaban J connectivity index is 0.00000191. The smallest absolute Gasteiger partial charge is 0.161 e. The highest BCUT2D eigenvalue weighted by molar-refractivity contribution is 5.62. The highest BCUT2D eigenvalue weighted by Gasteiger charge is 2.23. The van der Waals surface area contributed by atoms with Crippen LogP contribution in [0.2, 0.25) is 0 Å². The average molecular weight is 292 g/mol. The van der Waals surface area contributed by atoms with Crippen molar-refractivity contribution in [3.8, 4) is 0 Å². The van der Waals surface area contributed by atoms with Crippen molar-refractivity contribution in [3.63, 3.8) is 0 Å². The van der Waals surface area contributed by atoms with Gasteiger partial charge in [0.1, 0.15) is 0 Å². The van der Waals surface area contributed by atoms with Gasteiger partial charge in [0.25, 0.3) is 0 Å². The number of aliphatic hydroxyl groups is 1. The van der Waals surface area contributed by atoms with Crippen molar-refractivity contribution in [2.45, 2.75) is 59.9 Å². The molecular weight excluding hydrogens is 260 g/mol. The molecule has 0 bridgehead atoms. The summed E-state index contributed by atoms with van der Waals surface area (Å²) in [5.74, 6) is 0. The SMILES string of the molecule is C=C(C)c1cccc(C(C)(C)NC(O)NCCC)c1.CC. The minimum Gasteiger partial charge on any atom is -0.365 e. The fourth-order valence-corrected chi connectivity index (χ4v) is 1.93. The predicted octanol–water partition coefficient (Wildman–Crippen LogP) is 3.85. The molecule has 3 heteroatoms. The Kier molecular flexibility index (Phi) is 9.18. The van der Waals surface area contributed by atoms with Crippen LogP contribution in [0.1, 0.15) is 59.1 Å². The normalized spacial score (nSPS) is 12.3. The Morgan fingerprint density at radius 2 is 1.95 bits per heavy atom. The molecule has 0 heterocycles. The first-order valence-electron chi connectivity index (χ1n) is 7.82. The van der Waals surface area contributed by atoms with Gasteiger partial charge in [0, 0.05) is 5.54 Å². The fourth-order valence-electron chi connectivity index (χ4n) is 1.93. The Hall–Kier alpha value is -1.16. The zero-order valence-electron chi connectivity index (χ0n) is 14.5. The van der Waals surface area contributed by atoms with Crippen LogP contribution >= 0.6 is 0 Å². The molecule has 0 aliphatic rings. The zero-order chi connectivity index (χ0) is 16.5. The molecule has 0 fully saturated rings. The van der Waals surface area contributed by atoms with Crippen LogP contribution in [0.5, 0.6) is 0 Å². The summed E-state index contributed by atoms with van der Waals surface area (Å²) in [7, 11) is 0. The van der Waals surface area contributed by atoms with E-state index in [1.54, 1.807) is 0 Å². The molecule has 1 rings (SSSR count). The van der Waals surface area contributed by atoms with Gasteiger partial charge in [0.05, 0.1) is 0 Å². The largest absolute Gasteiger partial charge is 0.365 e. The molecule has 0 radical (unpaired) electrons. The van der Waals surface area contributed by atoms with E-state index in [9.17, 15) is 5.11 Å². The van der Waals surface area contributed by atoms with E-state index in [2.05, 4.69) is 50.1 Å². The number of rotatable bonds is 7. The molecular formula is C18H32N2O. The van der Waals surface area contributed by atoms with Gasteiger partial charge >= 0.3 is 0 Å². The van der Waals surface area contributed by atoms with Crippen molar-refractivity contribution >= 4 is 5.57 Å². The molecule has 21 heavy (non-hydrogen) atoms. The summed E-state index contributed by atoms with van der Waals surface area (Å²) in [5, 5.41) is 16.1. The van der Waals surface area contributed by atoms with Crippen LogP contribution in [0.15, 0.2) is 30.8 Å². The van der Waals surface area contributed by atoms with E-state index in [1.807, 2.05) is 32.9 Å². The van der Waals surface area contributed by atoms with Gasteiger partial charge in [-0.3, -0.25) is 10.6 Å².